The van der Waals surface area contributed by atoms with Gasteiger partial charge in [0.25, 0.3) is 0 Å². The van der Waals surface area contributed by atoms with E-state index in [1.54, 1.807) is 0 Å². The number of rotatable bonds is 3. The van der Waals surface area contributed by atoms with Gasteiger partial charge in [0.2, 0.25) is 0 Å². The largest absolute Gasteiger partial charge is 0.488 e. The van der Waals surface area contributed by atoms with Crippen LogP contribution >= 0.6 is 0 Å². The minimum Gasteiger partial charge on any atom is -0.488 e. The van der Waals surface area contributed by atoms with Gasteiger partial charge in [-0.05, 0) is 11.5 Å². The van der Waals surface area contributed by atoms with Crippen molar-refractivity contribution in [1.82, 2.24) is 5.32 Å². The van der Waals surface area contributed by atoms with Crippen LogP contribution in [0, 0.1) is 0 Å². The number of ether oxygens (including phenoxy) is 2. The molecule has 0 spiro atoms. The lowest BCUT2D eigenvalue weighted by Gasteiger charge is -2.14. The molecule has 20 heavy (non-hydrogen) atoms. The molecule has 1 fully saturated rings. The summed E-state index contributed by atoms with van der Waals surface area (Å²) in [6.07, 6.45) is 0.625. The van der Waals surface area contributed by atoms with Gasteiger partial charge in [-0.25, -0.2) is 0 Å². The fraction of sp³-hybridized carbons (Fsp3) is 0.312. The van der Waals surface area contributed by atoms with E-state index in [1.807, 2.05) is 30.3 Å². The summed E-state index contributed by atoms with van der Waals surface area (Å²) >= 11 is 0. The summed E-state index contributed by atoms with van der Waals surface area (Å²) in [5, 5.41) is 5.37. The van der Waals surface area contributed by atoms with Crippen LogP contribution in [-0.4, -0.2) is 31.8 Å². The van der Waals surface area contributed by atoms with Gasteiger partial charge in [0.05, 0.1) is 7.11 Å². The van der Waals surface area contributed by atoms with E-state index in [-0.39, 0.29) is 18.1 Å². The number of carbonyl (C=O) groups excluding carboxylic acids is 1. The van der Waals surface area contributed by atoms with Crippen molar-refractivity contribution in [3.8, 4) is 5.75 Å². The molecule has 104 valence electrons. The molecular weight excluding hydrogens is 254 g/mol. The predicted octanol–water partition coefficient (Wildman–Crippen LogP) is 2.12. The first kappa shape index (κ1) is 12.9. The quantitative estimate of drug-likeness (QED) is 0.869. The standard InChI is InChI=1S/C16H17NO3/c1-19-16(18)14-9-12(10-17-14)20-15-8-4-6-11-5-2-3-7-13(11)15/h2-8,12,14,17H,9-10H2,1H3/t12-,14-/m0/s1. The number of fused-ring (bicyclic) bond motifs is 1. The van der Waals surface area contributed by atoms with Gasteiger partial charge in [-0.2, -0.15) is 0 Å². The summed E-state index contributed by atoms with van der Waals surface area (Å²) in [4.78, 5) is 11.5. The summed E-state index contributed by atoms with van der Waals surface area (Å²) in [6, 6.07) is 13.9. The zero-order valence-corrected chi connectivity index (χ0v) is 11.3. The van der Waals surface area contributed by atoms with Crippen molar-refractivity contribution in [2.45, 2.75) is 18.6 Å². The first-order valence-corrected chi connectivity index (χ1v) is 6.73. The maximum absolute atomic E-state index is 11.5. The van der Waals surface area contributed by atoms with Crippen molar-refractivity contribution in [2.24, 2.45) is 0 Å². The van der Waals surface area contributed by atoms with Gasteiger partial charge in [0, 0.05) is 18.4 Å². The Morgan fingerprint density at radius 2 is 2.00 bits per heavy atom. The molecule has 2 aromatic carbocycles. The second kappa shape index (κ2) is 5.51. The van der Waals surface area contributed by atoms with Crippen LogP contribution in [0.1, 0.15) is 6.42 Å². The van der Waals surface area contributed by atoms with E-state index in [9.17, 15) is 4.79 Å². The number of methoxy groups -OCH3 is 1. The van der Waals surface area contributed by atoms with Crippen LogP contribution in [0.5, 0.6) is 5.75 Å². The van der Waals surface area contributed by atoms with Crippen molar-refractivity contribution in [1.29, 1.82) is 0 Å². The second-order valence-electron chi connectivity index (χ2n) is 4.94. The van der Waals surface area contributed by atoms with Gasteiger partial charge < -0.3 is 14.8 Å². The highest BCUT2D eigenvalue weighted by atomic mass is 16.5. The lowest BCUT2D eigenvalue weighted by Crippen LogP contribution is -2.31. The molecule has 4 heteroatoms. The zero-order chi connectivity index (χ0) is 13.9. The van der Waals surface area contributed by atoms with Gasteiger partial charge >= 0.3 is 5.97 Å². The minimum absolute atomic E-state index is 0.00935. The first-order chi connectivity index (χ1) is 9.78. The van der Waals surface area contributed by atoms with Crippen LogP contribution in [0.3, 0.4) is 0 Å². The van der Waals surface area contributed by atoms with Crippen LogP contribution in [0.4, 0.5) is 0 Å². The molecule has 4 nitrogen and oxygen atoms in total. The average molecular weight is 271 g/mol. The predicted molar refractivity (Wildman–Crippen MR) is 76.8 cm³/mol. The van der Waals surface area contributed by atoms with Gasteiger partial charge in [0.1, 0.15) is 17.9 Å². The molecule has 0 bridgehead atoms. The Hall–Kier alpha value is -2.07. The van der Waals surface area contributed by atoms with Crippen molar-refractivity contribution < 1.29 is 14.3 Å². The van der Waals surface area contributed by atoms with Crippen molar-refractivity contribution >= 4 is 16.7 Å². The van der Waals surface area contributed by atoms with Crippen molar-refractivity contribution in [2.75, 3.05) is 13.7 Å². The van der Waals surface area contributed by atoms with Gasteiger partial charge in [-0.1, -0.05) is 36.4 Å². The Morgan fingerprint density at radius 1 is 1.20 bits per heavy atom. The molecule has 0 radical (unpaired) electrons. The van der Waals surface area contributed by atoms with Crippen LogP contribution in [0.2, 0.25) is 0 Å². The Bertz CT molecular complexity index is 621. The summed E-state index contributed by atoms with van der Waals surface area (Å²) in [6.45, 7) is 0.656. The molecule has 2 atom stereocenters. The van der Waals surface area contributed by atoms with E-state index in [0.29, 0.717) is 13.0 Å². The number of benzene rings is 2. The highest BCUT2D eigenvalue weighted by Gasteiger charge is 2.31. The lowest BCUT2D eigenvalue weighted by molar-refractivity contribution is -0.142. The normalized spacial score (nSPS) is 21.9. The van der Waals surface area contributed by atoms with Crippen LogP contribution in [-0.2, 0) is 9.53 Å². The maximum Gasteiger partial charge on any atom is 0.323 e. The van der Waals surface area contributed by atoms with Crippen molar-refractivity contribution in [3.63, 3.8) is 0 Å². The van der Waals surface area contributed by atoms with E-state index in [1.165, 1.54) is 7.11 Å². The molecule has 0 saturated carbocycles. The Morgan fingerprint density at radius 3 is 2.85 bits per heavy atom. The molecule has 0 amide bonds. The molecule has 1 aliphatic heterocycles. The molecule has 2 aromatic rings. The van der Waals surface area contributed by atoms with Crippen LogP contribution in [0.25, 0.3) is 10.8 Å². The molecule has 1 saturated heterocycles. The number of hydrogen-bond acceptors (Lipinski definition) is 4. The molecule has 0 aromatic heterocycles. The number of carbonyl (C=O) groups is 1. The zero-order valence-electron chi connectivity index (χ0n) is 11.3. The minimum atomic E-state index is -0.264. The Kier molecular flexibility index (Phi) is 3.56. The molecule has 0 aliphatic carbocycles. The molecule has 0 unspecified atom stereocenters. The van der Waals surface area contributed by atoms with Crippen LogP contribution in [0.15, 0.2) is 42.5 Å². The molecule has 1 aliphatic rings. The molecule has 1 N–H and O–H groups in total. The number of nitrogens with one attached hydrogen (secondary N) is 1. The number of hydrogen-bond donors (Lipinski definition) is 1. The van der Waals surface area contributed by atoms with E-state index >= 15 is 0 Å². The third kappa shape index (κ3) is 2.47. The van der Waals surface area contributed by atoms with Gasteiger partial charge in [-0.15, -0.1) is 0 Å². The van der Waals surface area contributed by atoms with E-state index in [4.69, 9.17) is 9.47 Å². The number of esters is 1. The molecular formula is C16H17NO3. The summed E-state index contributed by atoms with van der Waals surface area (Å²) < 4.78 is 10.8. The van der Waals surface area contributed by atoms with E-state index in [2.05, 4.69) is 17.4 Å². The topological polar surface area (TPSA) is 47.6 Å². The highest BCUT2D eigenvalue weighted by molar-refractivity contribution is 5.88. The van der Waals surface area contributed by atoms with Gasteiger partial charge in [0.15, 0.2) is 0 Å². The third-order valence-electron chi connectivity index (χ3n) is 3.62. The molecule has 1 heterocycles. The second-order valence-corrected chi connectivity index (χ2v) is 4.94. The molecule has 3 rings (SSSR count). The summed E-state index contributed by atoms with van der Waals surface area (Å²) in [5.74, 6) is 0.634. The first-order valence-electron chi connectivity index (χ1n) is 6.73. The smallest absolute Gasteiger partial charge is 0.323 e. The SMILES string of the molecule is COC(=O)[C@@H]1C[C@H](Oc2cccc3ccccc23)CN1. The summed E-state index contributed by atoms with van der Waals surface area (Å²) in [5.41, 5.74) is 0. The Balaban J connectivity index is 1.76. The fourth-order valence-corrected chi connectivity index (χ4v) is 2.59. The monoisotopic (exact) mass is 271 g/mol. The van der Waals surface area contributed by atoms with Crippen molar-refractivity contribution in [3.05, 3.63) is 42.5 Å². The average Bonchev–Trinajstić information content (AvgIpc) is 2.95. The lowest BCUT2D eigenvalue weighted by atomic mass is 10.1. The highest BCUT2D eigenvalue weighted by Crippen LogP contribution is 2.27. The maximum atomic E-state index is 11.5. The van der Waals surface area contributed by atoms with Gasteiger partial charge in [-0.3, -0.25) is 4.79 Å². The van der Waals surface area contributed by atoms with Crippen LogP contribution < -0.4 is 10.1 Å². The summed E-state index contributed by atoms with van der Waals surface area (Å²) in [7, 11) is 1.41. The third-order valence-corrected chi connectivity index (χ3v) is 3.62. The fourth-order valence-electron chi connectivity index (χ4n) is 2.59. The van der Waals surface area contributed by atoms with E-state index < -0.39 is 0 Å². The van der Waals surface area contributed by atoms with E-state index in [0.717, 1.165) is 16.5 Å². The Labute approximate surface area is 117 Å².